The number of aliphatic hydroxyl groups is 1. The smallest absolute Gasteiger partial charge is 0.262 e. The van der Waals surface area contributed by atoms with E-state index in [-0.39, 0.29) is 40.5 Å². The largest absolute Gasteiger partial charge is 0.395 e. The maximum atomic E-state index is 15.2. The number of rotatable bonds is 24. The highest BCUT2D eigenvalue weighted by Crippen LogP contribution is 2.50. The summed E-state index contributed by atoms with van der Waals surface area (Å²) < 4.78 is 4.03. The summed E-state index contributed by atoms with van der Waals surface area (Å²) in [6.07, 6.45) is 19.1. The van der Waals surface area contributed by atoms with Crippen LogP contribution in [0.4, 0.5) is 0 Å². The van der Waals surface area contributed by atoms with E-state index < -0.39 is 28.8 Å². The molecule has 3 aromatic heterocycles. The van der Waals surface area contributed by atoms with Gasteiger partial charge in [-0.2, -0.15) is 0 Å². The van der Waals surface area contributed by atoms with Crippen LogP contribution >= 0.6 is 0 Å². The Morgan fingerprint density at radius 1 is 0.364 bits per heavy atom. The first-order valence-corrected chi connectivity index (χ1v) is 25.4. The van der Waals surface area contributed by atoms with Gasteiger partial charge in [-0.3, -0.25) is 42.5 Å². The molecule has 0 atom stereocenters. The Morgan fingerprint density at radius 2 is 0.682 bits per heavy atom. The number of hydrogen-bond donors (Lipinski definition) is 1. The van der Waals surface area contributed by atoms with Crippen molar-refractivity contribution in [3.8, 4) is 0 Å². The fraction of sp³-hybridized carbons (Fsp3) is 0.500. The SMILES string of the molecule is CCCCCCC(CCCCCC)n1c(=O)c2ccc3c4ccc5c(=O)n(C(CCCCCC)CCCCCC)c(=O)c6cc7c8c(=O)n(CCO)c(=O)c8c8cc(c1=O)c2c3c8c7c4c56. The number of hydrogen-bond acceptors (Lipinski definition) is 7. The minimum Gasteiger partial charge on any atom is -0.395 e. The Bertz CT molecular complexity index is 3300. The van der Waals surface area contributed by atoms with Gasteiger partial charge in [0.2, 0.25) is 0 Å². The zero-order valence-corrected chi connectivity index (χ0v) is 39.4. The minimum atomic E-state index is -0.577. The number of benzene rings is 6. The normalized spacial score (nSPS) is 12.8. The van der Waals surface area contributed by atoms with Gasteiger partial charge in [0, 0.05) is 44.4 Å². The molecule has 0 radical (unpaired) electrons. The molecule has 0 bridgehead atoms. The van der Waals surface area contributed by atoms with Crippen LogP contribution in [0.15, 0.2) is 65.2 Å². The first kappa shape index (κ1) is 45.7. The molecular weight excluding hydrogens is 827 g/mol. The summed E-state index contributed by atoms with van der Waals surface area (Å²) in [6, 6.07) is 10.4. The fourth-order valence-electron chi connectivity index (χ4n) is 12.0. The summed E-state index contributed by atoms with van der Waals surface area (Å²) in [4.78, 5) is 89.6. The van der Waals surface area contributed by atoms with E-state index in [0.717, 1.165) is 118 Å². The molecule has 0 saturated heterocycles. The summed E-state index contributed by atoms with van der Waals surface area (Å²) in [5, 5.41) is 17.8. The molecule has 0 unspecified atom stereocenters. The Hall–Kier alpha value is -5.48. The van der Waals surface area contributed by atoms with Gasteiger partial charge in [-0.05, 0) is 93.0 Å². The molecule has 6 aromatic carbocycles. The monoisotopic (exact) mass is 891 g/mol. The van der Waals surface area contributed by atoms with Crippen LogP contribution in [0.5, 0.6) is 0 Å². The topological polar surface area (TPSA) is 137 Å². The number of unbranched alkanes of at least 4 members (excludes halogenated alkanes) is 12. The summed E-state index contributed by atoms with van der Waals surface area (Å²) in [5.41, 5.74) is -2.59. The third-order valence-corrected chi connectivity index (χ3v) is 15.2. The van der Waals surface area contributed by atoms with E-state index in [4.69, 9.17) is 0 Å². The first-order valence-electron chi connectivity index (χ1n) is 25.4. The van der Waals surface area contributed by atoms with Gasteiger partial charge in [0.25, 0.3) is 33.4 Å². The molecule has 9 rings (SSSR count). The van der Waals surface area contributed by atoms with Crippen LogP contribution in [-0.2, 0) is 6.54 Å². The molecule has 0 aliphatic rings. The molecule has 10 nitrogen and oxygen atoms in total. The van der Waals surface area contributed by atoms with Crippen molar-refractivity contribution >= 4 is 86.2 Å². The standard InChI is InChI=1S/C56H65N3O7/c1-5-9-13-17-21-33(22-18-14-10-6-2)58-51(61)37-27-25-35-36-26-28-38-44-42(54(64)59(52(38)62)34(23-19-15-11-7-3)24-20-16-12-8-4)32-40-48(46(36)44)47-39(31-41(53(58)63)43(37)45(35)47)49-50(40)56(66)57(29-30-60)55(49)65/h25-28,31-34,60H,5-24,29-30H2,1-4H3. The van der Waals surface area contributed by atoms with E-state index >= 15 is 9.59 Å². The summed E-state index contributed by atoms with van der Waals surface area (Å²) in [7, 11) is 0. The second kappa shape index (κ2) is 19.0. The zero-order chi connectivity index (χ0) is 46.4. The van der Waals surface area contributed by atoms with Gasteiger partial charge in [-0.25, -0.2) is 0 Å². The summed E-state index contributed by atoms with van der Waals surface area (Å²) >= 11 is 0. The van der Waals surface area contributed by atoms with Crippen molar-refractivity contribution in [1.29, 1.82) is 0 Å². The van der Waals surface area contributed by atoms with E-state index in [2.05, 4.69) is 27.7 Å². The summed E-state index contributed by atoms with van der Waals surface area (Å²) in [5.74, 6) is 0. The van der Waals surface area contributed by atoms with Crippen molar-refractivity contribution in [3.63, 3.8) is 0 Å². The Kier molecular flexibility index (Phi) is 13.2. The molecule has 0 fully saturated rings. The predicted octanol–water partition coefficient (Wildman–Crippen LogP) is 11.6. The quantitative estimate of drug-likeness (QED) is 0.0362. The van der Waals surface area contributed by atoms with Crippen LogP contribution in [0.1, 0.15) is 168 Å². The molecule has 10 heteroatoms. The highest BCUT2D eigenvalue weighted by molar-refractivity contribution is 6.48. The maximum absolute atomic E-state index is 15.2. The van der Waals surface area contributed by atoms with Gasteiger partial charge in [0.05, 0.1) is 23.9 Å². The van der Waals surface area contributed by atoms with Gasteiger partial charge < -0.3 is 5.11 Å². The van der Waals surface area contributed by atoms with Crippen LogP contribution < -0.4 is 33.4 Å². The second-order valence-electron chi connectivity index (χ2n) is 19.4. The highest BCUT2D eigenvalue weighted by Gasteiger charge is 2.31. The molecule has 0 saturated carbocycles. The van der Waals surface area contributed by atoms with Crippen LogP contribution in [0.2, 0.25) is 0 Å². The van der Waals surface area contributed by atoms with Crippen molar-refractivity contribution in [2.75, 3.05) is 6.61 Å². The lowest BCUT2D eigenvalue weighted by atomic mass is 9.81. The van der Waals surface area contributed by atoms with Gasteiger partial charge in [0.15, 0.2) is 0 Å². The van der Waals surface area contributed by atoms with Crippen molar-refractivity contribution in [2.24, 2.45) is 0 Å². The van der Waals surface area contributed by atoms with E-state index in [0.29, 0.717) is 90.3 Å². The van der Waals surface area contributed by atoms with Gasteiger partial charge in [0.1, 0.15) is 0 Å². The van der Waals surface area contributed by atoms with Crippen molar-refractivity contribution in [1.82, 2.24) is 13.7 Å². The van der Waals surface area contributed by atoms with Gasteiger partial charge in [-0.1, -0.05) is 143 Å². The van der Waals surface area contributed by atoms with Crippen molar-refractivity contribution in [3.05, 3.63) is 98.5 Å². The zero-order valence-electron chi connectivity index (χ0n) is 39.4. The fourth-order valence-corrected chi connectivity index (χ4v) is 12.0. The number of nitrogens with zero attached hydrogens (tertiary/aromatic N) is 3. The summed E-state index contributed by atoms with van der Waals surface area (Å²) in [6.45, 7) is 7.99. The third-order valence-electron chi connectivity index (χ3n) is 15.2. The van der Waals surface area contributed by atoms with Gasteiger partial charge >= 0.3 is 0 Å². The molecule has 0 amide bonds. The van der Waals surface area contributed by atoms with Crippen LogP contribution in [0.3, 0.4) is 0 Å². The van der Waals surface area contributed by atoms with E-state index in [1.807, 2.05) is 24.3 Å². The van der Waals surface area contributed by atoms with Crippen molar-refractivity contribution < 1.29 is 5.11 Å². The average Bonchev–Trinajstić information content (AvgIpc) is 3.57. The van der Waals surface area contributed by atoms with E-state index in [9.17, 15) is 24.3 Å². The number of aliphatic hydroxyl groups excluding tert-OH is 1. The van der Waals surface area contributed by atoms with Crippen molar-refractivity contribution in [2.45, 2.75) is 175 Å². The Labute approximate surface area is 383 Å². The number of aromatic nitrogens is 3. The van der Waals surface area contributed by atoms with Crippen LogP contribution in [-0.4, -0.2) is 25.4 Å². The number of fused-ring (bicyclic) bond motifs is 4. The lowest BCUT2D eigenvalue weighted by Gasteiger charge is -2.24. The van der Waals surface area contributed by atoms with E-state index in [1.54, 1.807) is 12.1 Å². The molecule has 0 spiro atoms. The molecule has 9 aromatic rings. The maximum Gasteiger partial charge on any atom is 0.262 e. The van der Waals surface area contributed by atoms with Gasteiger partial charge in [-0.15, -0.1) is 0 Å². The Morgan fingerprint density at radius 3 is 1.02 bits per heavy atom. The highest BCUT2D eigenvalue weighted by atomic mass is 16.3. The van der Waals surface area contributed by atoms with E-state index in [1.165, 1.54) is 9.13 Å². The molecule has 346 valence electrons. The Balaban J connectivity index is 1.40. The molecule has 1 N–H and O–H groups in total. The molecule has 0 aliphatic carbocycles. The lowest BCUT2D eigenvalue weighted by molar-refractivity contribution is 0.273. The first-order chi connectivity index (χ1) is 32.1. The number of pyridine rings is 2. The lowest BCUT2D eigenvalue weighted by Crippen LogP contribution is -2.37. The molecular formula is C56H65N3O7. The molecule has 3 heterocycles. The average molecular weight is 892 g/mol. The third kappa shape index (κ3) is 7.24. The molecule has 0 aliphatic heterocycles. The minimum absolute atomic E-state index is 0.129. The second-order valence-corrected chi connectivity index (χ2v) is 19.4. The van der Waals surface area contributed by atoms with Crippen LogP contribution in [0, 0.1) is 0 Å². The molecule has 66 heavy (non-hydrogen) atoms. The predicted molar refractivity (Wildman–Crippen MR) is 274 cm³/mol. The van der Waals surface area contributed by atoms with Crippen LogP contribution in [0.25, 0.3) is 86.2 Å².